The van der Waals surface area contributed by atoms with Gasteiger partial charge in [0.1, 0.15) is 5.58 Å². The molecule has 1 spiro atoms. The van der Waals surface area contributed by atoms with Gasteiger partial charge in [0.2, 0.25) is 0 Å². The van der Waals surface area contributed by atoms with Crippen LogP contribution in [-0.4, -0.2) is 48.9 Å². The van der Waals surface area contributed by atoms with E-state index in [1.807, 2.05) is 17.0 Å². The van der Waals surface area contributed by atoms with Gasteiger partial charge in [0, 0.05) is 30.1 Å². The number of hydrogen-bond acceptors (Lipinski definition) is 5. The maximum Gasteiger partial charge on any atom is 0.289 e. The summed E-state index contributed by atoms with van der Waals surface area (Å²) in [7, 11) is 4.21. The van der Waals surface area contributed by atoms with Gasteiger partial charge in [0.15, 0.2) is 5.76 Å². The molecule has 1 aliphatic carbocycles. The summed E-state index contributed by atoms with van der Waals surface area (Å²) in [5.41, 5.74) is 2.43. The number of hydrogen-bond donors (Lipinski definition) is 2. The van der Waals surface area contributed by atoms with E-state index < -0.39 is 0 Å². The number of nitrogens with zero attached hydrogens (tertiary/aromatic N) is 2. The van der Waals surface area contributed by atoms with Crippen LogP contribution >= 0.6 is 11.6 Å². The highest BCUT2D eigenvalue weighted by Gasteiger charge is 2.42. The van der Waals surface area contributed by atoms with Crippen LogP contribution in [0.25, 0.3) is 11.0 Å². The maximum atomic E-state index is 13.3. The van der Waals surface area contributed by atoms with Crippen molar-refractivity contribution in [2.45, 2.75) is 56.5 Å². The molecule has 6 nitrogen and oxygen atoms in total. The van der Waals surface area contributed by atoms with Crippen LogP contribution in [0.3, 0.4) is 0 Å². The van der Waals surface area contributed by atoms with Gasteiger partial charge in [-0.15, -0.1) is 0 Å². The van der Waals surface area contributed by atoms with Crippen LogP contribution in [0.4, 0.5) is 5.69 Å². The second-order valence-corrected chi connectivity index (χ2v) is 9.90. The first kappa shape index (κ1) is 20.7. The molecule has 1 saturated carbocycles. The van der Waals surface area contributed by atoms with Crippen LogP contribution in [-0.2, 0) is 5.54 Å². The van der Waals surface area contributed by atoms with E-state index in [0.29, 0.717) is 16.8 Å². The molecule has 0 atom stereocenters. The van der Waals surface area contributed by atoms with Crippen molar-refractivity contribution in [1.82, 2.24) is 15.1 Å². The quantitative estimate of drug-likeness (QED) is 0.692. The van der Waals surface area contributed by atoms with E-state index in [9.17, 15) is 4.79 Å². The van der Waals surface area contributed by atoms with Gasteiger partial charge in [-0.3, -0.25) is 4.79 Å². The fourth-order valence-corrected chi connectivity index (χ4v) is 5.90. The average molecular weight is 443 g/mol. The molecule has 3 aliphatic rings. The Morgan fingerprint density at radius 3 is 2.61 bits per heavy atom. The molecule has 2 fully saturated rings. The van der Waals surface area contributed by atoms with Gasteiger partial charge in [-0.25, -0.2) is 0 Å². The monoisotopic (exact) mass is 442 g/mol. The van der Waals surface area contributed by atoms with Crippen molar-refractivity contribution in [3.63, 3.8) is 0 Å². The molecule has 1 saturated heterocycles. The van der Waals surface area contributed by atoms with Gasteiger partial charge in [0.05, 0.1) is 22.1 Å². The van der Waals surface area contributed by atoms with Gasteiger partial charge in [-0.1, -0.05) is 37.4 Å². The number of nitrogens with one attached hydrogen (secondary N) is 2. The highest BCUT2D eigenvalue weighted by Crippen LogP contribution is 2.49. The van der Waals surface area contributed by atoms with Crippen LogP contribution in [0.1, 0.15) is 61.1 Å². The molecule has 1 aromatic heterocycles. The van der Waals surface area contributed by atoms with Crippen LogP contribution < -0.4 is 10.6 Å². The molecule has 0 radical (unpaired) electrons. The first-order valence-corrected chi connectivity index (χ1v) is 11.7. The number of halogens is 1. The van der Waals surface area contributed by atoms with Gasteiger partial charge < -0.3 is 24.9 Å². The summed E-state index contributed by atoms with van der Waals surface area (Å²) in [5, 5.41) is 8.44. The highest BCUT2D eigenvalue weighted by molar-refractivity contribution is 6.34. The molecule has 3 heterocycles. The maximum absolute atomic E-state index is 13.3. The van der Waals surface area contributed by atoms with Crippen molar-refractivity contribution >= 4 is 34.2 Å². The molecule has 7 heteroatoms. The van der Waals surface area contributed by atoms with Crippen molar-refractivity contribution in [2.24, 2.45) is 0 Å². The number of rotatable bonds is 2. The summed E-state index contributed by atoms with van der Waals surface area (Å²) in [6.07, 6.45) is 7.48. The van der Waals surface area contributed by atoms with Crippen molar-refractivity contribution < 1.29 is 9.21 Å². The number of fused-ring (bicyclic) bond motifs is 4. The number of likely N-dealkylation sites (tertiary alicyclic amines) is 1. The van der Waals surface area contributed by atoms with E-state index in [1.165, 1.54) is 6.42 Å². The Bertz CT molecular complexity index is 1030. The fourth-order valence-electron chi connectivity index (χ4n) is 5.64. The number of benzene rings is 1. The summed E-state index contributed by atoms with van der Waals surface area (Å²) >= 11 is 6.70. The highest BCUT2D eigenvalue weighted by atomic mass is 35.5. The Kier molecular flexibility index (Phi) is 5.18. The molecule has 2 aliphatic heterocycles. The first-order valence-electron chi connectivity index (χ1n) is 11.3. The van der Waals surface area contributed by atoms with Crippen molar-refractivity contribution in [3.8, 4) is 0 Å². The summed E-state index contributed by atoms with van der Waals surface area (Å²) in [5.74, 6) is 1.14. The zero-order valence-electron chi connectivity index (χ0n) is 18.4. The minimum absolute atomic E-state index is 0.0305. The second kappa shape index (κ2) is 7.75. The SMILES string of the molecule is C=C1Nc2c(Cl)cc3cc(C(=O)N4CCC(N(C)C)CC4)oc3c2C2(CCCCC2)N1. The molecule has 166 valence electrons. The number of furan rings is 1. The summed E-state index contributed by atoms with van der Waals surface area (Å²) in [6, 6.07) is 4.29. The van der Waals surface area contributed by atoms with Gasteiger partial charge in [-0.2, -0.15) is 0 Å². The Morgan fingerprint density at radius 2 is 1.94 bits per heavy atom. The van der Waals surface area contributed by atoms with E-state index in [4.69, 9.17) is 16.0 Å². The molecule has 5 rings (SSSR count). The lowest BCUT2D eigenvalue weighted by atomic mass is 9.74. The topological polar surface area (TPSA) is 60.8 Å². The predicted molar refractivity (Wildman–Crippen MR) is 124 cm³/mol. The van der Waals surface area contributed by atoms with Crippen LogP contribution in [0, 0.1) is 0 Å². The van der Waals surface area contributed by atoms with Gasteiger partial charge >= 0.3 is 0 Å². The molecule has 1 amide bonds. The van der Waals surface area contributed by atoms with Crippen molar-refractivity contribution in [2.75, 3.05) is 32.5 Å². The van der Waals surface area contributed by atoms with E-state index in [-0.39, 0.29) is 11.4 Å². The minimum Gasteiger partial charge on any atom is -0.450 e. The lowest BCUT2D eigenvalue weighted by Gasteiger charge is -2.44. The number of piperidine rings is 1. The van der Waals surface area contributed by atoms with Crippen LogP contribution in [0.5, 0.6) is 0 Å². The smallest absolute Gasteiger partial charge is 0.289 e. The third-order valence-corrected chi connectivity index (χ3v) is 7.60. The largest absolute Gasteiger partial charge is 0.450 e. The molecule has 0 bridgehead atoms. The number of anilines is 1. The zero-order chi connectivity index (χ0) is 21.8. The van der Waals surface area contributed by atoms with Crippen molar-refractivity contribution in [1.29, 1.82) is 0 Å². The lowest BCUT2D eigenvalue weighted by Crippen LogP contribution is -2.48. The Hall–Kier alpha value is -2.18. The van der Waals surface area contributed by atoms with E-state index in [0.717, 1.165) is 79.7 Å². The molecule has 2 aromatic rings. The number of amides is 1. The van der Waals surface area contributed by atoms with Crippen molar-refractivity contribution in [3.05, 3.63) is 40.9 Å². The lowest BCUT2D eigenvalue weighted by molar-refractivity contribution is 0.0634. The van der Waals surface area contributed by atoms with E-state index in [2.05, 4.69) is 36.2 Å². The molecule has 2 N–H and O–H groups in total. The van der Waals surface area contributed by atoms with E-state index >= 15 is 0 Å². The normalized spacial score (nSPS) is 21.3. The summed E-state index contributed by atoms with van der Waals surface area (Å²) in [4.78, 5) is 17.4. The number of carbonyl (C=O) groups is 1. The third-order valence-electron chi connectivity index (χ3n) is 7.30. The fraction of sp³-hybridized carbons (Fsp3) is 0.542. The van der Waals surface area contributed by atoms with Crippen LogP contribution in [0.15, 0.2) is 28.9 Å². The third kappa shape index (κ3) is 3.50. The molecular weight excluding hydrogens is 412 g/mol. The molecule has 1 aromatic carbocycles. The Morgan fingerprint density at radius 1 is 1.23 bits per heavy atom. The van der Waals surface area contributed by atoms with Gasteiger partial charge in [-0.05, 0) is 51.9 Å². The standard InChI is InChI=1S/C24H31ClN4O2/c1-15-26-21-18(25)13-16-14-19(23(30)29-11-7-17(8-12-29)28(2)3)31-22(16)20(21)24(27-15)9-5-4-6-10-24/h13-14,17,26-27H,1,4-12H2,2-3H3. The first-order chi connectivity index (χ1) is 14.9. The van der Waals surface area contributed by atoms with E-state index in [1.54, 1.807) is 0 Å². The summed E-state index contributed by atoms with van der Waals surface area (Å²) < 4.78 is 6.30. The predicted octanol–water partition coefficient (Wildman–Crippen LogP) is 4.90. The van der Waals surface area contributed by atoms with Gasteiger partial charge in [0.25, 0.3) is 5.91 Å². The summed E-state index contributed by atoms with van der Waals surface area (Å²) in [6.45, 7) is 5.63. The molecule has 31 heavy (non-hydrogen) atoms. The average Bonchev–Trinajstić information content (AvgIpc) is 3.17. The Balaban J connectivity index is 1.53. The molecule has 0 unspecified atom stereocenters. The molecular formula is C24H31ClN4O2. The Labute approximate surface area is 188 Å². The minimum atomic E-state index is -0.249. The van der Waals surface area contributed by atoms with Crippen LogP contribution in [0.2, 0.25) is 5.02 Å². The zero-order valence-corrected chi connectivity index (χ0v) is 19.1. The second-order valence-electron chi connectivity index (χ2n) is 9.50. The number of carbonyl (C=O) groups excluding carboxylic acids is 1.